The van der Waals surface area contributed by atoms with Crippen LogP contribution in [0.3, 0.4) is 0 Å². The molecule has 1 N–H and O–H groups in total. The molecule has 2 aromatic rings. The Morgan fingerprint density at radius 2 is 2.19 bits per heavy atom. The number of fused-ring (bicyclic) bond motifs is 1. The molecular weight excluding hydrogens is 222 g/mol. The minimum atomic E-state index is 0.699. The van der Waals surface area contributed by atoms with Crippen LogP contribution in [0.5, 0.6) is 0 Å². The first-order valence-corrected chi connectivity index (χ1v) is 5.97. The topological polar surface area (TPSA) is 25.2 Å². The maximum absolute atomic E-state index is 6.13. The summed E-state index contributed by atoms with van der Waals surface area (Å²) in [4.78, 5) is 0. The minimum absolute atomic E-state index is 0.699. The summed E-state index contributed by atoms with van der Waals surface area (Å²) in [6.07, 6.45) is 2.79. The van der Waals surface area contributed by atoms with Crippen LogP contribution in [0.4, 0.5) is 0 Å². The summed E-state index contributed by atoms with van der Waals surface area (Å²) >= 11 is 6.13. The number of hydrogen-bond acceptors (Lipinski definition) is 2. The van der Waals surface area contributed by atoms with Crippen molar-refractivity contribution >= 4 is 22.6 Å². The van der Waals surface area contributed by atoms with Gasteiger partial charge in [-0.25, -0.2) is 0 Å². The van der Waals surface area contributed by atoms with Crippen LogP contribution in [0.25, 0.3) is 11.0 Å². The molecule has 1 heterocycles. The van der Waals surface area contributed by atoms with Gasteiger partial charge in [-0.15, -0.1) is 0 Å². The Bertz CT molecular complexity index is 490. The van der Waals surface area contributed by atoms with Crippen molar-refractivity contribution in [1.82, 2.24) is 5.32 Å². The number of aryl methyl sites for hydroxylation is 1. The van der Waals surface area contributed by atoms with Gasteiger partial charge in [-0.3, -0.25) is 0 Å². The molecule has 3 heteroatoms. The summed E-state index contributed by atoms with van der Waals surface area (Å²) in [6, 6.07) is 4.06. The highest BCUT2D eigenvalue weighted by Gasteiger charge is 2.09. The Balaban J connectivity index is 2.32. The van der Waals surface area contributed by atoms with E-state index in [4.69, 9.17) is 16.0 Å². The fourth-order valence-corrected chi connectivity index (χ4v) is 2.19. The lowest BCUT2D eigenvalue weighted by molar-refractivity contribution is 0.607. The van der Waals surface area contributed by atoms with Crippen molar-refractivity contribution in [3.05, 3.63) is 34.5 Å². The number of halogens is 1. The smallest absolute Gasteiger partial charge is 0.152 e. The third-order valence-corrected chi connectivity index (χ3v) is 2.95. The lowest BCUT2D eigenvalue weighted by Gasteiger charge is -2.01. The van der Waals surface area contributed by atoms with Crippen LogP contribution in [0.15, 0.2) is 22.8 Å². The predicted octanol–water partition coefficient (Wildman–Crippen LogP) is 3.55. The van der Waals surface area contributed by atoms with Crippen molar-refractivity contribution in [2.75, 3.05) is 13.1 Å². The van der Waals surface area contributed by atoms with Gasteiger partial charge in [0.2, 0.25) is 0 Å². The average Bonchev–Trinajstić information content (AvgIpc) is 2.62. The molecule has 0 aliphatic rings. The molecule has 0 aliphatic heterocycles. The summed E-state index contributed by atoms with van der Waals surface area (Å²) in [6.45, 7) is 6.12. The summed E-state index contributed by atoms with van der Waals surface area (Å²) < 4.78 is 5.51. The van der Waals surface area contributed by atoms with Crippen LogP contribution in [0, 0.1) is 6.92 Å². The minimum Gasteiger partial charge on any atom is -0.462 e. The molecule has 0 amide bonds. The van der Waals surface area contributed by atoms with E-state index >= 15 is 0 Å². The van der Waals surface area contributed by atoms with Gasteiger partial charge in [-0.05, 0) is 49.7 Å². The van der Waals surface area contributed by atoms with Crippen molar-refractivity contribution < 1.29 is 4.42 Å². The normalized spacial score (nSPS) is 11.2. The van der Waals surface area contributed by atoms with Gasteiger partial charge < -0.3 is 9.73 Å². The van der Waals surface area contributed by atoms with Crippen LogP contribution in [-0.4, -0.2) is 13.1 Å². The summed E-state index contributed by atoms with van der Waals surface area (Å²) in [7, 11) is 0. The van der Waals surface area contributed by atoms with Gasteiger partial charge in [-0.1, -0.05) is 18.5 Å². The fraction of sp³-hybridized carbons (Fsp3) is 0.385. The first-order chi connectivity index (χ1) is 7.72. The Labute approximate surface area is 101 Å². The number of nitrogens with one attached hydrogen (secondary N) is 1. The second-order valence-electron chi connectivity index (χ2n) is 3.99. The Hall–Kier alpha value is -0.990. The number of rotatable bonds is 4. The van der Waals surface area contributed by atoms with Crippen molar-refractivity contribution in [2.45, 2.75) is 20.3 Å². The molecule has 0 saturated carbocycles. The van der Waals surface area contributed by atoms with E-state index in [1.807, 2.05) is 19.3 Å². The van der Waals surface area contributed by atoms with Gasteiger partial charge in [0.05, 0.1) is 11.3 Å². The molecule has 0 atom stereocenters. The van der Waals surface area contributed by atoms with Crippen LogP contribution in [-0.2, 0) is 6.42 Å². The molecule has 1 aromatic carbocycles. The zero-order valence-electron chi connectivity index (χ0n) is 9.64. The van der Waals surface area contributed by atoms with Gasteiger partial charge in [0, 0.05) is 5.39 Å². The van der Waals surface area contributed by atoms with Gasteiger partial charge in [-0.2, -0.15) is 0 Å². The largest absolute Gasteiger partial charge is 0.462 e. The highest BCUT2D eigenvalue weighted by Crippen LogP contribution is 2.29. The van der Waals surface area contributed by atoms with E-state index in [-0.39, 0.29) is 0 Å². The SMILES string of the molecule is CCNCCc1coc2c(Cl)cc(C)cc12. The maximum atomic E-state index is 6.13. The molecular formula is C13H16ClNO. The molecule has 16 heavy (non-hydrogen) atoms. The van der Waals surface area contributed by atoms with Gasteiger partial charge in [0.25, 0.3) is 0 Å². The van der Waals surface area contributed by atoms with Gasteiger partial charge >= 0.3 is 0 Å². The standard InChI is InChI=1S/C13H16ClNO/c1-3-15-5-4-10-8-16-13-11(10)6-9(2)7-12(13)14/h6-8,15H,3-5H2,1-2H3. The molecule has 0 fully saturated rings. The molecule has 0 radical (unpaired) electrons. The molecule has 0 saturated heterocycles. The second kappa shape index (κ2) is 4.89. The molecule has 0 spiro atoms. The van der Waals surface area contributed by atoms with Crippen molar-refractivity contribution in [2.24, 2.45) is 0 Å². The first kappa shape index (κ1) is 11.5. The van der Waals surface area contributed by atoms with Crippen LogP contribution < -0.4 is 5.32 Å². The van der Waals surface area contributed by atoms with E-state index in [1.54, 1.807) is 0 Å². The lowest BCUT2D eigenvalue weighted by atomic mass is 10.1. The van der Waals surface area contributed by atoms with E-state index < -0.39 is 0 Å². The molecule has 0 bridgehead atoms. The molecule has 2 rings (SSSR count). The highest BCUT2D eigenvalue weighted by molar-refractivity contribution is 6.35. The summed E-state index contributed by atoms with van der Waals surface area (Å²) in [5.74, 6) is 0. The Kier molecular flexibility index (Phi) is 3.52. The molecule has 2 nitrogen and oxygen atoms in total. The molecule has 0 aliphatic carbocycles. The third kappa shape index (κ3) is 2.23. The van der Waals surface area contributed by atoms with E-state index in [2.05, 4.69) is 18.3 Å². The molecule has 0 unspecified atom stereocenters. The number of furan rings is 1. The lowest BCUT2D eigenvalue weighted by Crippen LogP contribution is -2.15. The summed E-state index contributed by atoms with van der Waals surface area (Å²) in [5, 5.41) is 5.15. The van der Waals surface area contributed by atoms with Crippen LogP contribution in [0.2, 0.25) is 5.02 Å². The Morgan fingerprint density at radius 3 is 2.94 bits per heavy atom. The summed E-state index contributed by atoms with van der Waals surface area (Å²) in [5.41, 5.74) is 3.20. The zero-order chi connectivity index (χ0) is 11.5. The van der Waals surface area contributed by atoms with E-state index in [0.717, 1.165) is 30.5 Å². The maximum Gasteiger partial charge on any atom is 0.152 e. The van der Waals surface area contributed by atoms with Gasteiger partial charge in [0.1, 0.15) is 0 Å². The van der Waals surface area contributed by atoms with Crippen LogP contribution in [0.1, 0.15) is 18.1 Å². The fourth-order valence-electron chi connectivity index (χ4n) is 1.87. The molecule has 1 aromatic heterocycles. The van der Waals surface area contributed by atoms with E-state index in [0.29, 0.717) is 5.02 Å². The second-order valence-corrected chi connectivity index (χ2v) is 4.40. The van der Waals surface area contributed by atoms with Crippen LogP contribution >= 0.6 is 11.6 Å². The molecule has 86 valence electrons. The average molecular weight is 238 g/mol. The number of hydrogen-bond donors (Lipinski definition) is 1. The predicted molar refractivity (Wildman–Crippen MR) is 68.2 cm³/mol. The van der Waals surface area contributed by atoms with Crippen molar-refractivity contribution in [3.63, 3.8) is 0 Å². The van der Waals surface area contributed by atoms with E-state index in [9.17, 15) is 0 Å². The number of benzene rings is 1. The van der Waals surface area contributed by atoms with E-state index in [1.165, 1.54) is 11.1 Å². The Morgan fingerprint density at radius 1 is 1.38 bits per heavy atom. The zero-order valence-corrected chi connectivity index (χ0v) is 10.4. The third-order valence-electron chi connectivity index (χ3n) is 2.67. The first-order valence-electron chi connectivity index (χ1n) is 5.59. The van der Waals surface area contributed by atoms with Crippen molar-refractivity contribution in [3.8, 4) is 0 Å². The number of likely N-dealkylation sites (N-methyl/N-ethyl adjacent to an activating group) is 1. The van der Waals surface area contributed by atoms with Crippen molar-refractivity contribution in [1.29, 1.82) is 0 Å². The van der Waals surface area contributed by atoms with Gasteiger partial charge in [0.15, 0.2) is 5.58 Å². The highest BCUT2D eigenvalue weighted by atomic mass is 35.5. The quantitative estimate of drug-likeness (QED) is 0.823. The monoisotopic (exact) mass is 237 g/mol.